The van der Waals surface area contributed by atoms with Crippen LogP contribution in [0.15, 0.2) is 0 Å². The summed E-state index contributed by atoms with van der Waals surface area (Å²) in [6.45, 7) is -0.209. The van der Waals surface area contributed by atoms with Crippen molar-refractivity contribution in [3.05, 3.63) is 11.6 Å². The molecule has 2 atom stereocenters. The van der Waals surface area contributed by atoms with Gasteiger partial charge in [0.25, 0.3) is 0 Å². The smallest absolute Gasteiger partial charge is 0.388 e. The van der Waals surface area contributed by atoms with E-state index < -0.39 is 12.1 Å². The van der Waals surface area contributed by atoms with Gasteiger partial charge in [0.2, 0.25) is 0 Å². The number of hydrogen-bond acceptors (Lipinski definition) is 3. The van der Waals surface area contributed by atoms with Gasteiger partial charge in [0.05, 0.1) is 5.92 Å². The molecule has 1 heterocycles. The number of aliphatic hydroxyl groups is 1. The topological polar surface area (TPSA) is 50.9 Å². The lowest BCUT2D eigenvalue weighted by Crippen LogP contribution is -2.29. The molecule has 0 aromatic carbocycles. The van der Waals surface area contributed by atoms with Crippen LogP contribution < -0.4 is 0 Å². The van der Waals surface area contributed by atoms with Crippen LogP contribution in [-0.2, 0) is 6.61 Å². The zero-order chi connectivity index (χ0) is 14.3. The van der Waals surface area contributed by atoms with Crippen LogP contribution in [0.1, 0.15) is 62.1 Å². The van der Waals surface area contributed by atoms with Gasteiger partial charge < -0.3 is 9.67 Å². The summed E-state index contributed by atoms with van der Waals surface area (Å²) in [5.74, 6) is -0.297. The van der Waals surface area contributed by atoms with Gasteiger partial charge in [-0.25, -0.2) is 0 Å². The average molecular weight is 289 g/mol. The molecule has 0 spiro atoms. The molecule has 1 N–H and O–H groups in total. The molecular weight excluding hydrogens is 271 g/mol. The van der Waals surface area contributed by atoms with E-state index in [-0.39, 0.29) is 31.4 Å². The molecule has 112 valence electrons. The minimum absolute atomic E-state index is 0.0970. The third-order valence-corrected chi connectivity index (χ3v) is 4.35. The minimum atomic E-state index is -4.12. The van der Waals surface area contributed by atoms with Crippen molar-refractivity contribution in [2.45, 2.75) is 63.3 Å². The van der Waals surface area contributed by atoms with Crippen molar-refractivity contribution in [1.29, 1.82) is 0 Å². The highest BCUT2D eigenvalue weighted by Gasteiger charge is 2.44. The maximum atomic E-state index is 12.9. The van der Waals surface area contributed by atoms with Crippen molar-refractivity contribution < 1.29 is 18.3 Å². The standard InChI is InChI=1S/C13H18F3N3O/c14-13(15,16)9-3-1-2-8(6-9)12-18-17-11(7-20)19(12)10-4-5-10/h8-10,20H,1-7H2. The molecule has 2 aliphatic carbocycles. The fourth-order valence-corrected chi connectivity index (χ4v) is 3.18. The highest BCUT2D eigenvalue weighted by Crippen LogP contribution is 2.45. The molecule has 2 fully saturated rings. The van der Waals surface area contributed by atoms with Crippen LogP contribution in [0.3, 0.4) is 0 Å². The largest absolute Gasteiger partial charge is 0.391 e. The fraction of sp³-hybridized carbons (Fsp3) is 0.846. The molecule has 2 unspecified atom stereocenters. The lowest BCUT2D eigenvalue weighted by Gasteiger charge is -2.30. The summed E-state index contributed by atoms with van der Waals surface area (Å²) in [6.07, 6.45) is -0.530. The van der Waals surface area contributed by atoms with Crippen molar-refractivity contribution in [2.75, 3.05) is 0 Å². The molecule has 1 aromatic rings. The third kappa shape index (κ3) is 2.55. The van der Waals surface area contributed by atoms with Crippen LogP contribution >= 0.6 is 0 Å². The maximum absolute atomic E-state index is 12.9. The Morgan fingerprint density at radius 1 is 1.15 bits per heavy atom. The summed E-state index contributed by atoms with van der Waals surface area (Å²) in [5, 5.41) is 17.3. The maximum Gasteiger partial charge on any atom is 0.391 e. The Labute approximate surface area is 115 Å². The molecule has 0 saturated heterocycles. The van der Waals surface area contributed by atoms with Crippen molar-refractivity contribution >= 4 is 0 Å². The molecule has 0 amide bonds. The second-order valence-electron chi connectivity index (χ2n) is 5.84. The lowest BCUT2D eigenvalue weighted by atomic mass is 9.80. The van der Waals surface area contributed by atoms with E-state index in [1.807, 2.05) is 4.57 Å². The van der Waals surface area contributed by atoms with E-state index in [0.717, 1.165) is 19.3 Å². The molecular formula is C13H18F3N3O. The number of nitrogens with zero attached hydrogens (tertiary/aromatic N) is 3. The first kappa shape index (κ1) is 13.9. The normalized spacial score (nSPS) is 27.8. The Kier molecular flexibility index (Phi) is 3.48. The van der Waals surface area contributed by atoms with Crippen molar-refractivity contribution in [1.82, 2.24) is 14.8 Å². The fourth-order valence-electron chi connectivity index (χ4n) is 3.18. The van der Waals surface area contributed by atoms with Gasteiger partial charge in [-0.05, 0) is 32.1 Å². The second kappa shape index (κ2) is 5.02. The number of aliphatic hydroxyl groups excluding tert-OH is 1. The van der Waals surface area contributed by atoms with Crippen LogP contribution in [0.25, 0.3) is 0 Å². The Bertz CT molecular complexity index is 482. The Hall–Kier alpha value is -1.11. The van der Waals surface area contributed by atoms with Gasteiger partial charge in [-0.3, -0.25) is 0 Å². The van der Waals surface area contributed by atoms with Gasteiger partial charge in [0.1, 0.15) is 12.4 Å². The van der Waals surface area contributed by atoms with Crippen LogP contribution in [0, 0.1) is 5.92 Å². The number of aromatic nitrogens is 3. The summed E-state index contributed by atoms with van der Waals surface area (Å²) in [6, 6.07) is 0.272. The number of hydrogen-bond donors (Lipinski definition) is 1. The molecule has 4 nitrogen and oxygen atoms in total. The van der Waals surface area contributed by atoms with E-state index in [0.29, 0.717) is 18.1 Å². The quantitative estimate of drug-likeness (QED) is 0.930. The monoisotopic (exact) mass is 289 g/mol. The molecule has 1 aromatic heterocycles. The number of rotatable bonds is 3. The number of alkyl halides is 3. The van der Waals surface area contributed by atoms with E-state index in [1.54, 1.807) is 0 Å². The average Bonchev–Trinajstić information content (AvgIpc) is 3.17. The number of halogens is 3. The molecule has 7 heteroatoms. The van der Waals surface area contributed by atoms with E-state index in [9.17, 15) is 18.3 Å². The zero-order valence-corrected chi connectivity index (χ0v) is 11.1. The molecule has 20 heavy (non-hydrogen) atoms. The Morgan fingerprint density at radius 2 is 1.90 bits per heavy atom. The van der Waals surface area contributed by atoms with Gasteiger partial charge >= 0.3 is 6.18 Å². The van der Waals surface area contributed by atoms with Gasteiger partial charge in [0, 0.05) is 12.0 Å². The van der Waals surface area contributed by atoms with Crippen molar-refractivity contribution in [3.8, 4) is 0 Å². The SMILES string of the molecule is OCc1nnc(C2CCCC(C(F)(F)F)C2)n1C1CC1. The highest BCUT2D eigenvalue weighted by atomic mass is 19.4. The summed E-state index contributed by atoms with van der Waals surface area (Å²) >= 11 is 0. The molecule has 3 rings (SSSR count). The molecule has 0 bridgehead atoms. The van der Waals surface area contributed by atoms with E-state index >= 15 is 0 Å². The van der Waals surface area contributed by atoms with Gasteiger partial charge in [-0.2, -0.15) is 13.2 Å². The van der Waals surface area contributed by atoms with Gasteiger partial charge in [-0.1, -0.05) is 6.42 Å². The van der Waals surface area contributed by atoms with Gasteiger partial charge in [0.15, 0.2) is 5.82 Å². The second-order valence-corrected chi connectivity index (χ2v) is 5.84. The summed E-state index contributed by atoms with van der Waals surface area (Å²) in [7, 11) is 0. The molecule has 0 radical (unpaired) electrons. The molecule has 2 saturated carbocycles. The van der Waals surface area contributed by atoms with Crippen molar-refractivity contribution in [3.63, 3.8) is 0 Å². The first-order chi connectivity index (χ1) is 9.50. The highest BCUT2D eigenvalue weighted by molar-refractivity contribution is 5.08. The van der Waals surface area contributed by atoms with Crippen LogP contribution in [0.4, 0.5) is 13.2 Å². The van der Waals surface area contributed by atoms with Crippen LogP contribution in [-0.4, -0.2) is 26.0 Å². The van der Waals surface area contributed by atoms with E-state index in [4.69, 9.17) is 0 Å². The van der Waals surface area contributed by atoms with Crippen LogP contribution in [0.2, 0.25) is 0 Å². The summed E-state index contributed by atoms with van der Waals surface area (Å²) < 4.78 is 40.5. The first-order valence-corrected chi connectivity index (χ1v) is 7.12. The Balaban J connectivity index is 1.84. The first-order valence-electron chi connectivity index (χ1n) is 7.12. The van der Waals surface area contributed by atoms with E-state index in [1.165, 1.54) is 0 Å². The van der Waals surface area contributed by atoms with Crippen molar-refractivity contribution in [2.24, 2.45) is 5.92 Å². The lowest BCUT2D eigenvalue weighted by molar-refractivity contribution is -0.183. The predicted molar refractivity (Wildman–Crippen MR) is 65.0 cm³/mol. The molecule has 2 aliphatic rings. The molecule has 0 aliphatic heterocycles. The Morgan fingerprint density at radius 3 is 2.50 bits per heavy atom. The summed E-state index contributed by atoms with van der Waals surface area (Å²) in [5.41, 5.74) is 0. The van der Waals surface area contributed by atoms with Crippen LogP contribution in [0.5, 0.6) is 0 Å². The van der Waals surface area contributed by atoms with Gasteiger partial charge in [-0.15, -0.1) is 10.2 Å². The zero-order valence-electron chi connectivity index (χ0n) is 11.1. The minimum Gasteiger partial charge on any atom is -0.388 e. The third-order valence-electron chi connectivity index (χ3n) is 4.35. The van der Waals surface area contributed by atoms with E-state index in [2.05, 4.69) is 10.2 Å². The predicted octanol–water partition coefficient (Wildman–Crippen LogP) is 2.94. The summed E-state index contributed by atoms with van der Waals surface area (Å²) in [4.78, 5) is 0.